The molecule has 1 aliphatic heterocycles. The molecule has 1 amide bonds. The van der Waals surface area contributed by atoms with E-state index in [4.69, 9.17) is 14.2 Å². The number of amides is 1. The third-order valence-electron chi connectivity index (χ3n) is 4.73. The maximum Gasteiger partial charge on any atom is 0.306 e. The fourth-order valence-electron chi connectivity index (χ4n) is 3.33. The quantitative estimate of drug-likeness (QED) is 0.793. The van der Waals surface area contributed by atoms with Crippen molar-refractivity contribution in [1.29, 1.82) is 0 Å². The Balaban J connectivity index is 2.18. The molecule has 1 heterocycles. The van der Waals surface area contributed by atoms with Crippen LogP contribution in [0.5, 0.6) is 11.5 Å². The van der Waals surface area contributed by atoms with Gasteiger partial charge in [-0.1, -0.05) is 31.2 Å². The highest BCUT2D eigenvalue weighted by atomic mass is 16.5. The average molecular weight is 385 g/mol. The molecule has 28 heavy (non-hydrogen) atoms. The Morgan fingerprint density at radius 1 is 1.18 bits per heavy atom. The lowest BCUT2D eigenvalue weighted by atomic mass is 9.96. The number of carboxylic acids is 1. The summed E-state index contributed by atoms with van der Waals surface area (Å²) in [5.41, 5.74) is 3.06. The summed E-state index contributed by atoms with van der Waals surface area (Å²) in [6, 6.07) is 11.1. The van der Waals surface area contributed by atoms with Crippen molar-refractivity contribution in [2.75, 3.05) is 19.5 Å². The van der Waals surface area contributed by atoms with Gasteiger partial charge >= 0.3 is 5.97 Å². The number of carbonyl (C=O) groups is 2. The molecule has 2 aromatic rings. The van der Waals surface area contributed by atoms with Crippen molar-refractivity contribution in [2.24, 2.45) is 0 Å². The van der Waals surface area contributed by atoms with Gasteiger partial charge in [0.05, 0.1) is 20.6 Å². The zero-order valence-corrected chi connectivity index (χ0v) is 16.0. The van der Waals surface area contributed by atoms with Crippen LogP contribution in [-0.4, -0.2) is 37.3 Å². The van der Waals surface area contributed by atoms with Crippen molar-refractivity contribution < 1.29 is 28.9 Å². The van der Waals surface area contributed by atoms with Crippen molar-refractivity contribution in [3.63, 3.8) is 0 Å². The van der Waals surface area contributed by atoms with Crippen LogP contribution in [0.25, 0.3) is 0 Å². The van der Waals surface area contributed by atoms with Gasteiger partial charge in [-0.15, -0.1) is 0 Å². The van der Waals surface area contributed by atoms with E-state index in [1.54, 1.807) is 12.1 Å². The number of anilines is 1. The highest BCUT2D eigenvalue weighted by molar-refractivity contribution is 5.97. The van der Waals surface area contributed by atoms with E-state index in [1.807, 2.05) is 31.2 Å². The van der Waals surface area contributed by atoms with E-state index in [0.717, 1.165) is 17.5 Å². The third-order valence-corrected chi connectivity index (χ3v) is 4.73. The second kappa shape index (κ2) is 8.31. The standard InChI is InChI=1S/C21H23NO6/c1-4-12-8-9-15-14(10-12)19(28-17(11-18(23)24)21(25)22-15)13-6-5-7-16(26-2)20(13)27-3/h5-10,17,19H,4,11H2,1-3H3,(H,22,25)(H,23,24). The molecule has 0 radical (unpaired) electrons. The molecule has 0 aromatic heterocycles. The second-order valence-electron chi connectivity index (χ2n) is 6.45. The Hall–Kier alpha value is -3.06. The number of ether oxygens (including phenoxy) is 3. The number of aryl methyl sites for hydroxylation is 1. The van der Waals surface area contributed by atoms with E-state index >= 15 is 0 Å². The number of carboxylic acid groups (broad SMARTS) is 1. The summed E-state index contributed by atoms with van der Waals surface area (Å²) >= 11 is 0. The fraction of sp³-hybridized carbons (Fsp3) is 0.333. The van der Waals surface area contributed by atoms with E-state index in [9.17, 15) is 14.7 Å². The Labute approximate surface area is 163 Å². The van der Waals surface area contributed by atoms with E-state index < -0.39 is 30.5 Å². The minimum absolute atomic E-state index is 0.441. The Morgan fingerprint density at radius 3 is 2.61 bits per heavy atom. The maximum absolute atomic E-state index is 12.6. The molecule has 0 aliphatic carbocycles. The molecule has 7 heteroatoms. The number of methoxy groups -OCH3 is 2. The summed E-state index contributed by atoms with van der Waals surface area (Å²) in [5, 5.41) is 12.0. The first-order valence-corrected chi connectivity index (χ1v) is 9.00. The topological polar surface area (TPSA) is 94.1 Å². The van der Waals surface area contributed by atoms with Gasteiger partial charge in [0.2, 0.25) is 0 Å². The number of para-hydroxylation sites is 1. The van der Waals surface area contributed by atoms with Crippen molar-refractivity contribution in [3.8, 4) is 11.5 Å². The Kier molecular flexibility index (Phi) is 5.84. The smallest absolute Gasteiger partial charge is 0.306 e. The van der Waals surface area contributed by atoms with Crippen molar-refractivity contribution in [1.82, 2.24) is 0 Å². The molecule has 0 fully saturated rings. The van der Waals surface area contributed by atoms with Crippen molar-refractivity contribution >= 4 is 17.6 Å². The molecule has 2 unspecified atom stereocenters. The summed E-state index contributed by atoms with van der Waals surface area (Å²) in [5.74, 6) is -0.602. The van der Waals surface area contributed by atoms with Crippen LogP contribution in [0, 0.1) is 0 Å². The zero-order chi connectivity index (χ0) is 20.3. The monoisotopic (exact) mass is 385 g/mol. The number of nitrogens with one attached hydrogen (secondary N) is 1. The molecule has 148 valence electrons. The molecule has 1 aliphatic rings. The lowest BCUT2D eigenvalue weighted by Crippen LogP contribution is -2.31. The van der Waals surface area contributed by atoms with Gasteiger partial charge in [-0.05, 0) is 24.1 Å². The number of rotatable bonds is 6. The molecule has 7 nitrogen and oxygen atoms in total. The van der Waals surface area contributed by atoms with Gasteiger partial charge in [-0.25, -0.2) is 0 Å². The first kappa shape index (κ1) is 19.7. The lowest BCUT2D eigenvalue weighted by Gasteiger charge is -2.24. The molecule has 2 atom stereocenters. The molecule has 2 aromatic carbocycles. The van der Waals surface area contributed by atoms with Gasteiger partial charge < -0.3 is 24.6 Å². The second-order valence-corrected chi connectivity index (χ2v) is 6.45. The van der Waals surface area contributed by atoms with E-state index in [0.29, 0.717) is 22.7 Å². The summed E-state index contributed by atoms with van der Waals surface area (Å²) < 4.78 is 17.0. The SMILES string of the molecule is CCc1ccc2c(c1)C(c1cccc(OC)c1OC)OC(CC(=O)O)C(=O)N2. The van der Waals surface area contributed by atoms with Crippen LogP contribution in [0.15, 0.2) is 36.4 Å². The number of aliphatic carboxylic acids is 1. The minimum Gasteiger partial charge on any atom is -0.493 e. The van der Waals surface area contributed by atoms with E-state index in [1.165, 1.54) is 14.2 Å². The normalized spacial score (nSPS) is 18.6. The van der Waals surface area contributed by atoms with Gasteiger partial charge in [0.1, 0.15) is 12.2 Å². The van der Waals surface area contributed by atoms with Gasteiger partial charge in [0.15, 0.2) is 11.5 Å². The van der Waals surface area contributed by atoms with Crippen LogP contribution in [0.3, 0.4) is 0 Å². The molecule has 0 spiro atoms. The predicted octanol–water partition coefficient (Wildman–Crippen LogP) is 3.17. The highest BCUT2D eigenvalue weighted by Gasteiger charge is 2.35. The van der Waals surface area contributed by atoms with Gasteiger partial charge in [0.25, 0.3) is 5.91 Å². The maximum atomic E-state index is 12.6. The molecule has 0 saturated carbocycles. The molecular formula is C21H23NO6. The fourth-order valence-corrected chi connectivity index (χ4v) is 3.33. The molecule has 0 saturated heterocycles. The van der Waals surface area contributed by atoms with Gasteiger partial charge in [0, 0.05) is 16.8 Å². The number of benzene rings is 2. The summed E-state index contributed by atoms with van der Waals surface area (Å²) in [6.45, 7) is 2.03. The van der Waals surface area contributed by atoms with Crippen LogP contribution in [0.1, 0.15) is 36.1 Å². The van der Waals surface area contributed by atoms with Crippen LogP contribution in [-0.2, 0) is 20.7 Å². The largest absolute Gasteiger partial charge is 0.493 e. The Bertz CT molecular complexity index is 894. The number of fused-ring (bicyclic) bond motifs is 1. The van der Waals surface area contributed by atoms with Crippen LogP contribution in [0.2, 0.25) is 0 Å². The summed E-state index contributed by atoms with van der Waals surface area (Å²) in [7, 11) is 3.07. The lowest BCUT2D eigenvalue weighted by molar-refractivity contribution is -0.146. The average Bonchev–Trinajstić information content (AvgIpc) is 2.82. The molecular weight excluding hydrogens is 362 g/mol. The first-order valence-electron chi connectivity index (χ1n) is 9.00. The molecule has 0 bridgehead atoms. The van der Waals surface area contributed by atoms with Gasteiger partial charge in [-0.3, -0.25) is 9.59 Å². The molecule has 3 rings (SSSR count). The minimum atomic E-state index is -1.14. The number of hydrogen-bond acceptors (Lipinski definition) is 5. The first-order chi connectivity index (χ1) is 13.5. The number of carbonyl (C=O) groups excluding carboxylic acids is 1. The molecule has 2 N–H and O–H groups in total. The van der Waals surface area contributed by atoms with Crippen LogP contribution < -0.4 is 14.8 Å². The van der Waals surface area contributed by atoms with Gasteiger partial charge in [-0.2, -0.15) is 0 Å². The predicted molar refractivity (Wildman–Crippen MR) is 103 cm³/mol. The number of hydrogen-bond donors (Lipinski definition) is 2. The summed E-state index contributed by atoms with van der Waals surface area (Å²) in [4.78, 5) is 23.8. The van der Waals surface area contributed by atoms with E-state index in [-0.39, 0.29) is 0 Å². The van der Waals surface area contributed by atoms with Crippen LogP contribution in [0.4, 0.5) is 5.69 Å². The Morgan fingerprint density at radius 2 is 1.96 bits per heavy atom. The van der Waals surface area contributed by atoms with Crippen molar-refractivity contribution in [3.05, 3.63) is 53.1 Å². The van der Waals surface area contributed by atoms with Crippen LogP contribution >= 0.6 is 0 Å². The zero-order valence-electron chi connectivity index (χ0n) is 16.0. The van der Waals surface area contributed by atoms with E-state index in [2.05, 4.69) is 5.32 Å². The van der Waals surface area contributed by atoms with Crippen molar-refractivity contribution in [2.45, 2.75) is 32.0 Å². The highest BCUT2D eigenvalue weighted by Crippen LogP contribution is 2.43. The summed E-state index contributed by atoms with van der Waals surface area (Å²) in [6.07, 6.45) is -1.48. The third kappa shape index (κ3) is 3.80.